The van der Waals surface area contributed by atoms with Gasteiger partial charge in [0.2, 0.25) is 0 Å². The summed E-state index contributed by atoms with van der Waals surface area (Å²) in [5, 5.41) is 0. The second-order valence-corrected chi connectivity index (χ2v) is 7.21. The number of hydrogen-bond acceptors (Lipinski definition) is 4. The number of likely N-dealkylation sites (N-methyl/N-ethyl adjacent to an activating group) is 1. The van der Waals surface area contributed by atoms with Crippen LogP contribution in [0.4, 0.5) is 5.82 Å². The molecule has 26 heavy (non-hydrogen) atoms. The molecule has 5 nitrogen and oxygen atoms in total. The first-order valence-electron chi connectivity index (χ1n) is 9.29. The molecular weight excluding hydrogens is 324 g/mol. The second kappa shape index (κ2) is 8.32. The lowest BCUT2D eigenvalue weighted by atomic mass is 10.1. The number of hydrogen-bond donors (Lipinski definition) is 0. The van der Waals surface area contributed by atoms with Crippen molar-refractivity contribution < 1.29 is 4.79 Å². The van der Waals surface area contributed by atoms with Gasteiger partial charge in [-0.05, 0) is 38.6 Å². The molecule has 0 bridgehead atoms. The van der Waals surface area contributed by atoms with Gasteiger partial charge < -0.3 is 14.7 Å². The first-order valence-corrected chi connectivity index (χ1v) is 9.29. The van der Waals surface area contributed by atoms with Crippen LogP contribution in [0.25, 0.3) is 0 Å². The summed E-state index contributed by atoms with van der Waals surface area (Å²) >= 11 is 0. The third-order valence-electron chi connectivity index (χ3n) is 4.90. The molecule has 1 aromatic carbocycles. The lowest BCUT2D eigenvalue weighted by Crippen LogP contribution is -2.45. The summed E-state index contributed by atoms with van der Waals surface area (Å²) in [5.41, 5.74) is 1.85. The molecule has 1 saturated heterocycles. The van der Waals surface area contributed by atoms with Crippen molar-refractivity contribution in [2.45, 2.75) is 26.4 Å². The Bertz CT molecular complexity index is 724. The zero-order chi connectivity index (χ0) is 18.5. The highest BCUT2D eigenvalue weighted by atomic mass is 16.2. The number of carbonyl (C=O) groups excluding carboxylic acids is 1. The van der Waals surface area contributed by atoms with Crippen molar-refractivity contribution in [1.82, 2.24) is 14.8 Å². The highest BCUT2D eigenvalue weighted by molar-refractivity contribution is 5.95. The molecular formula is C21H28N4O. The fourth-order valence-corrected chi connectivity index (χ4v) is 3.19. The van der Waals surface area contributed by atoms with Gasteiger partial charge in [0, 0.05) is 50.5 Å². The van der Waals surface area contributed by atoms with Crippen molar-refractivity contribution in [3.63, 3.8) is 0 Å². The van der Waals surface area contributed by atoms with E-state index in [4.69, 9.17) is 0 Å². The van der Waals surface area contributed by atoms with E-state index in [1.54, 1.807) is 6.20 Å². The van der Waals surface area contributed by atoms with Crippen molar-refractivity contribution >= 4 is 11.7 Å². The highest BCUT2D eigenvalue weighted by Gasteiger charge is 2.21. The van der Waals surface area contributed by atoms with E-state index in [2.05, 4.69) is 47.8 Å². The summed E-state index contributed by atoms with van der Waals surface area (Å²) in [6.45, 7) is 8.66. The Hall–Kier alpha value is -2.40. The predicted molar refractivity (Wildman–Crippen MR) is 105 cm³/mol. The van der Waals surface area contributed by atoms with Gasteiger partial charge in [0.15, 0.2) is 0 Å². The molecule has 1 amide bonds. The van der Waals surface area contributed by atoms with Crippen LogP contribution in [0.15, 0.2) is 48.7 Å². The molecule has 1 fully saturated rings. The lowest BCUT2D eigenvalue weighted by molar-refractivity contribution is 0.0690. The summed E-state index contributed by atoms with van der Waals surface area (Å²) in [4.78, 5) is 24.1. The van der Waals surface area contributed by atoms with Gasteiger partial charge in [-0.25, -0.2) is 4.98 Å². The monoisotopic (exact) mass is 352 g/mol. The number of rotatable bonds is 5. The Kier molecular flexibility index (Phi) is 5.89. The zero-order valence-corrected chi connectivity index (χ0v) is 15.9. The van der Waals surface area contributed by atoms with E-state index < -0.39 is 0 Å². The molecule has 0 atom stereocenters. The van der Waals surface area contributed by atoms with Crippen molar-refractivity contribution in [2.75, 3.05) is 38.1 Å². The van der Waals surface area contributed by atoms with Gasteiger partial charge in [-0.1, -0.05) is 30.3 Å². The molecule has 2 heterocycles. The van der Waals surface area contributed by atoms with E-state index in [1.165, 1.54) is 0 Å². The van der Waals surface area contributed by atoms with Gasteiger partial charge in [-0.15, -0.1) is 0 Å². The molecule has 1 aromatic heterocycles. The van der Waals surface area contributed by atoms with E-state index in [9.17, 15) is 4.79 Å². The number of benzene rings is 1. The molecule has 138 valence electrons. The maximum atomic E-state index is 13.1. The van der Waals surface area contributed by atoms with Crippen LogP contribution in [0.1, 0.15) is 29.8 Å². The van der Waals surface area contributed by atoms with Gasteiger partial charge in [0.05, 0.1) is 0 Å². The molecule has 0 N–H and O–H groups in total. The predicted octanol–water partition coefficient (Wildman–Crippen LogP) is 2.88. The molecule has 2 aromatic rings. The Balaban J connectivity index is 1.78. The molecule has 0 radical (unpaired) electrons. The van der Waals surface area contributed by atoms with Crippen LogP contribution in [-0.4, -0.2) is 60.0 Å². The van der Waals surface area contributed by atoms with Gasteiger partial charge >= 0.3 is 0 Å². The third kappa shape index (κ3) is 4.41. The minimum atomic E-state index is 0.0571. The normalized spacial score (nSPS) is 15.3. The summed E-state index contributed by atoms with van der Waals surface area (Å²) in [6, 6.07) is 14.0. The zero-order valence-electron chi connectivity index (χ0n) is 15.9. The SMILES string of the molecule is CC(C)N(Cc1ccccc1)C(=O)c1ccnc(N2CCN(C)CC2)c1. The van der Waals surface area contributed by atoms with E-state index in [0.29, 0.717) is 12.1 Å². The van der Waals surface area contributed by atoms with Crippen LogP contribution in [0, 0.1) is 0 Å². The van der Waals surface area contributed by atoms with Crippen molar-refractivity contribution in [1.29, 1.82) is 0 Å². The van der Waals surface area contributed by atoms with E-state index in [-0.39, 0.29) is 11.9 Å². The third-order valence-corrected chi connectivity index (χ3v) is 4.90. The number of aromatic nitrogens is 1. The number of anilines is 1. The fraction of sp³-hybridized carbons (Fsp3) is 0.429. The van der Waals surface area contributed by atoms with E-state index in [1.807, 2.05) is 35.2 Å². The Morgan fingerprint density at radius 2 is 1.81 bits per heavy atom. The summed E-state index contributed by atoms with van der Waals surface area (Å²) in [6.07, 6.45) is 1.75. The maximum absolute atomic E-state index is 13.1. The molecule has 1 aliphatic rings. The van der Waals surface area contributed by atoms with Gasteiger partial charge in [0.25, 0.3) is 5.91 Å². The summed E-state index contributed by atoms with van der Waals surface area (Å²) in [7, 11) is 2.13. The molecule has 5 heteroatoms. The van der Waals surface area contributed by atoms with E-state index in [0.717, 1.165) is 37.6 Å². The molecule has 0 unspecified atom stereocenters. The number of pyridine rings is 1. The number of amides is 1. The van der Waals surface area contributed by atoms with Crippen molar-refractivity contribution in [3.8, 4) is 0 Å². The average Bonchev–Trinajstić information content (AvgIpc) is 2.67. The fourth-order valence-electron chi connectivity index (χ4n) is 3.19. The maximum Gasteiger partial charge on any atom is 0.254 e. The quantitative estimate of drug-likeness (QED) is 0.830. The van der Waals surface area contributed by atoms with Gasteiger partial charge in [-0.2, -0.15) is 0 Å². The molecule has 3 rings (SSSR count). The van der Waals surface area contributed by atoms with Crippen LogP contribution < -0.4 is 4.90 Å². The Morgan fingerprint density at radius 1 is 1.12 bits per heavy atom. The first-order chi connectivity index (χ1) is 12.5. The van der Waals surface area contributed by atoms with Crippen molar-refractivity contribution in [3.05, 3.63) is 59.8 Å². The lowest BCUT2D eigenvalue weighted by Gasteiger charge is -2.33. The molecule has 0 spiro atoms. The highest BCUT2D eigenvalue weighted by Crippen LogP contribution is 2.18. The largest absolute Gasteiger partial charge is 0.354 e. The van der Waals surface area contributed by atoms with Crippen LogP contribution >= 0.6 is 0 Å². The van der Waals surface area contributed by atoms with Crippen LogP contribution in [0.5, 0.6) is 0 Å². The Labute approximate surface area is 156 Å². The van der Waals surface area contributed by atoms with Crippen LogP contribution in [0.3, 0.4) is 0 Å². The molecule has 0 aliphatic carbocycles. The molecule has 1 aliphatic heterocycles. The van der Waals surface area contributed by atoms with Gasteiger partial charge in [0.1, 0.15) is 5.82 Å². The average molecular weight is 352 g/mol. The van der Waals surface area contributed by atoms with E-state index >= 15 is 0 Å². The summed E-state index contributed by atoms with van der Waals surface area (Å²) in [5.74, 6) is 0.953. The van der Waals surface area contributed by atoms with Crippen LogP contribution in [0.2, 0.25) is 0 Å². The number of nitrogens with zero attached hydrogens (tertiary/aromatic N) is 4. The smallest absolute Gasteiger partial charge is 0.254 e. The standard InChI is InChI=1S/C21H28N4O/c1-17(2)25(16-18-7-5-4-6-8-18)21(26)19-9-10-22-20(15-19)24-13-11-23(3)12-14-24/h4-10,15,17H,11-14,16H2,1-3H3. The minimum Gasteiger partial charge on any atom is -0.354 e. The number of carbonyl (C=O) groups is 1. The van der Waals surface area contributed by atoms with Gasteiger partial charge in [-0.3, -0.25) is 4.79 Å². The summed E-state index contributed by atoms with van der Waals surface area (Å²) < 4.78 is 0. The molecule has 0 saturated carbocycles. The number of piperazine rings is 1. The van der Waals surface area contributed by atoms with Crippen molar-refractivity contribution in [2.24, 2.45) is 0 Å². The van der Waals surface area contributed by atoms with Crippen LogP contribution in [-0.2, 0) is 6.54 Å². The Morgan fingerprint density at radius 3 is 2.46 bits per heavy atom. The topological polar surface area (TPSA) is 39.7 Å². The first kappa shape index (κ1) is 18.4. The second-order valence-electron chi connectivity index (χ2n) is 7.21. The minimum absolute atomic E-state index is 0.0571.